The van der Waals surface area contributed by atoms with Crippen molar-refractivity contribution >= 4 is 34.6 Å². The van der Waals surface area contributed by atoms with Gasteiger partial charge in [-0.15, -0.1) is 0 Å². The second-order valence-corrected chi connectivity index (χ2v) is 10.5. The highest BCUT2D eigenvalue weighted by atomic mass is 16.5. The highest BCUT2D eigenvalue weighted by Crippen LogP contribution is 2.65. The summed E-state index contributed by atoms with van der Waals surface area (Å²) in [7, 11) is 1.65. The lowest BCUT2D eigenvalue weighted by molar-refractivity contribution is -0.118. The first kappa shape index (κ1) is 23.2. The normalized spacial score (nSPS) is 23.9. The lowest BCUT2D eigenvalue weighted by Gasteiger charge is -2.10. The van der Waals surface area contributed by atoms with Crippen molar-refractivity contribution < 1.29 is 14.3 Å². The van der Waals surface area contributed by atoms with E-state index in [0.29, 0.717) is 6.04 Å². The van der Waals surface area contributed by atoms with E-state index in [4.69, 9.17) is 9.47 Å². The Morgan fingerprint density at radius 3 is 2.84 bits per heavy atom. The predicted molar refractivity (Wildman–Crippen MR) is 148 cm³/mol. The van der Waals surface area contributed by atoms with Crippen molar-refractivity contribution in [1.82, 2.24) is 15.5 Å². The Kier molecular flexibility index (Phi) is 5.56. The zero-order chi connectivity index (χ0) is 25.7. The van der Waals surface area contributed by atoms with E-state index in [0.717, 1.165) is 77.3 Å². The smallest absolute Gasteiger partial charge is 0.235 e. The summed E-state index contributed by atoms with van der Waals surface area (Å²) in [5, 5.41) is 15.4. The number of carbonyl (C=O) groups is 1. The minimum Gasteiger partial charge on any atom is -0.497 e. The Bertz CT molecular complexity index is 1550. The van der Waals surface area contributed by atoms with E-state index in [1.807, 2.05) is 24.3 Å². The molecule has 192 valence electrons. The van der Waals surface area contributed by atoms with Crippen molar-refractivity contribution in [2.45, 2.75) is 36.8 Å². The molecule has 1 spiro atoms. The minimum absolute atomic E-state index is 0.0773. The maximum atomic E-state index is 13.0. The van der Waals surface area contributed by atoms with E-state index in [2.05, 4.69) is 69.4 Å². The summed E-state index contributed by atoms with van der Waals surface area (Å²) < 4.78 is 10.9. The molecule has 1 saturated heterocycles. The number of rotatable bonds is 7. The number of benzene rings is 3. The zero-order valence-corrected chi connectivity index (χ0v) is 21.3. The Hall–Kier alpha value is -3.94. The molecule has 0 radical (unpaired) electrons. The molecule has 0 bridgehead atoms. The van der Waals surface area contributed by atoms with Gasteiger partial charge in [0.1, 0.15) is 5.75 Å². The van der Waals surface area contributed by atoms with Gasteiger partial charge in [-0.25, -0.2) is 0 Å². The van der Waals surface area contributed by atoms with Gasteiger partial charge >= 0.3 is 0 Å². The van der Waals surface area contributed by atoms with Crippen LogP contribution in [0.25, 0.3) is 23.1 Å². The van der Waals surface area contributed by atoms with Crippen LogP contribution in [0.5, 0.6) is 5.75 Å². The number of nitrogens with zero attached hydrogens (tertiary/aromatic N) is 1. The summed E-state index contributed by atoms with van der Waals surface area (Å²) >= 11 is 0. The molecular weight excluding hydrogens is 476 g/mol. The number of amides is 1. The van der Waals surface area contributed by atoms with Gasteiger partial charge in [0.15, 0.2) is 0 Å². The second-order valence-electron chi connectivity index (χ2n) is 10.5. The van der Waals surface area contributed by atoms with Gasteiger partial charge in [0, 0.05) is 36.2 Å². The van der Waals surface area contributed by atoms with Crippen LogP contribution in [0, 0.1) is 0 Å². The average Bonchev–Trinajstić information content (AvgIpc) is 3.20. The van der Waals surface area contributed by atoms with Gasteiger partial charge in [-0.3, -0.25) is 9.89 Å². The molecular formula is C31H30N4O3. The number of hydrogen-bond donors (Lipinski definition) is 3. The number of hydrogen-bond acceptors (Lipinski definition) is 5. The van der Waals surface area contributed by atoms with Crippen molar-refractivity contribution in [2.24, 2.45) is 0 Å². The number of aromatic amines is 1. The first-order valence-electron chi connectivity index (χ1n) is 13.2. The van der Waals surface area contributed by atoms with Crippen molar-refractivity contribution in [3.63, 3.8) is 0 Å². The van der Waals surface area contributed by atoms with Crippen LogP contribution in [0.3, 0.4) is 0 Å². The number of aromatic nitrogens is 2. The Labute approximate surface area is 221 Å². The van der Waals surface area contributed by atoms with Crippen LogP contribution >= 0.6 is 0 Å². The second kappa shape index (κ2) is 9.11. The standard InChI is InChI=1S/C31H30N4O3/c1-37-23-8-11-28-25(15-23)31(30(36)33-28)16-26(31)21-7-9-24-27(34-35-29(24)14-21)10-6-19-2-4-20(5-3-19)17-32-22-12-13-38-18-22/h2-11,14-15,22,26,32H,12-13,16-18H2,1H3,(H,33,36)(H,34,35)/b10-6+/t22-,26?,31?/m1/s1. The molecule has 2 unspecified atom stereocenters. The van der Waals surface area contributed by atoms with E-state index < -0.39 is 5.41 Å². The molecule has 2 fully saturated rings. The fraction of sp³-hybridized carbons (Fsp3) is 0.290. The number of nitrogens with one attached hydrogen (secondary N) is 3. The van der Waals surface area contributed by atoms with Crippen molar-refractivity contribution in [1.29, 1.82) is 0 Å². The first-order valence-corrected chi connectivity index (χ1v) is 13.2. The summed E-state index contributed by atoms with van der Waals surface area (Å²) in [5.41, 5.74) is 6.84. The third-order valence-corrected chi connectivity index (χ3v) is 8.28. The fourth-order valence-corrected chi connectivity index (χ4v) is 5.98. The van der Waals surface area contributed by atoms with Crippen LogP contribution in [0.15, 0.2) is 60.7 Å². The molecule has 7 nitrogen and oxygen atoms in total. The third kappa shape index (κ3) is 3.90. The van der Waals surface area contributed by atoms with Gasteiger partial charge < -0.3 is 20.1 Å². The number of carbonyl (C=O) groups excluding carboxylic acids is 1. The van der Waals surface area contributed by atoms with Crippen LogP contribution in [0.1, 0.15) is 46.7 Å². The van der Waals surface area contributed by atoms with Crippen molar-refractivity contribution in [2.75, 3.05) is 25.6 Å². The van der Waals surface area contributed by atoms with Gasteiger partial charge in [0.2, 0.25) is 5.91 Å². The van der Waals surface area contributed by atoms with Crippen LogP contribution in [-0.2, 0) is 21.5 Å². The molecule has 4 aromatic rings. The Morgan fingerprint density at radius 2 is 2.03 bits per heavy atom. The lowest BCUT2D eigenvalue weighted by Crippen LogP contribution is -2.28. The molecule has 3 aromatic carbocycles. The Balaban J connectivity index is 1.07. The van der Waals surface area contributed by atoms with E-state index in [1.54, 1.807) is 7.11 Å². The summed E-state index contributed by atoms with van der Waals surface area (Å²) in [6.07, 6.45) is 6.02. The number of ether oxygens (including phenoxy) is 2. The van der Waals surface area contributed by atoms with Crippen LogP contribution in [-0.4, -0.2) is 42.5 Å². The number of H-pyrrole nitrogens is 1. The van der Waals surface area contributed by atoms with Crippen LogP contribution < -0.4 is 15.4 Å². The molecule has 2 aliphatic heterocycles. The molecule has 1 saturated carbocycles. The molecule has 3 atom stereocenters. The zero-order valence-electron chi connectivity index (χ0n) is 21.3. The molecule has 3 heterocycles. The number of methoxy groups -OCH3 is 1. The van der Waals surface area contributed by atoms with Gasteiger partial charge in [-0.2, -0.15) is 5.10 Å². The third-order valence-electron chi connectivity index (χ3n) is 8.28. The SMILES string of the molecule is COc1ccc2c(c1)C1(CC1c1ccc3c(/C=C/c4ccc(CN[C@@H]5CCOC5)cc4)n[nH]c3c1)C(=O)N2. The Morgan fingerprint density at radius 1 is 1.13 bits per heavy atom. The van der Waals surface area contributed by atoms with Gasteiger partial charge in [-0.05, 0) is 65.4 Å². The van der Waals surface area contributed by atoms with Gasteiger partial charge in [0.05, 0.1) is 30.3 Å². The summed E-state index contributed by atoms with van der Waals surface area (Å²) in [4.78, 5) is 13.0. The molecule has 1 amide bonds. The molecule has 1 aliphatic carbocycles. The maximum absolute atomic E-state index is 13.0. The minimum atomic E-state index is -0.507. The highest BCUT2D eigenvalue weighted by Gasteiger charge is 2.65. The summed E-state index contributed by atoms with van der Waals surface area (Å²) in [6, 6.07) is 21.3. The molecule has 3 aliphatic rings. The fourth-order valence-electron chi connectivity index (χ4n) is 5.98. The van der Waals surface area contributed by atoms with Crippen LogP contribution in [0.4, 0.5) is 5.69 Å². The molecule has 7 heteroatoms. The quantitative estimate of drug-likeness (QED) is 0.328. The largest absolute Gasteiger partial charge is 0.497 e. The van der Waals surface area contributed by atoms with E-state index >= 15 is 0 Å². The van der Waals surface area contributed by atoms with Gasteiger partial charge in [-0.1, -0.05) is 42.5 Å². The van der Waals surface area contributed by atoms with Gasteiger partial charge in [0.25, 0.3) is 0 Å². The monoisotopic (exact) mass is 506 g/mol. The first-order chi connectivity index (χ1) is 18.6. The number of fused-ring (bicyclic) bond motifs is 3. The van der Waals surface area contributed by atoms with E-state index in [1.165, 1.54) is 5.56 Å². The number of anilines is 1. The van der Waals surface area contributed by atoms with Crippen molar-refractivity contribution in [3.8, 4) is 5.75 Å². The van der Waals surface area contributed by atoms with E-state index in [-0.39, 0.29) is 11.8 Å². The topological polar surface area (TPSA) is 88.3 Å². The molecule has 3 N–H and O–H groups in total. The van der Waals surface area contributed by atoms with Crippen LogP contribution in [0.2, 0.25) is 0 Å². The lowest BCUT2D eigenvalue weighted by atomic mass is 9.91. The summed E-state index contributed by atoms with van der Waals surface area (Å²) in [5.74, 6) is 0.987. The predicted octanol–water partition coefficient (Wildman–Crippen LogP) is 5.00. The van der Waals surface area contributed by atoms with E-state index in [9.17, 15) is 4.79 Å². The average molecular weight is 507 g/mol. The maximum Gasteiger partial charge on any atom is 0.235 e. The highest BCUT2D eigenvalue weighted by molar-refractivity contribution is 6.10. The molecule has 7 rings (SSSR count). The summed E-state index contributed by atoms with van der Waals surface area (Å²) in [6.45, 7) is 2.51. The van der Waals surface area contributed by atoms with Crippen molar-refractivity contribution in [3.05, 3.63) is 88.6 Å². The molecule has 38 heavy (non-hydrogen) atoms. The molecule has 1 aromatic heterocycles.